The average molecular weight is 281 g/mol. The van der Waals surface area contributed by atoms with Gasteiger partial charge in [0.2, 0.25) is 5.91 Å². The molecule has 20 heavy (non-hydrogen) atoms. The zero-order valence-corrected chi connectivity index (χ0v) is 12.9. The van der Waals surface area contributed by atoms with Crippen LogP contribution >= 0.6 is 0 Å². The number of aliphatic carboxylic acids is 1. The molecule has 0 aliphatic carbocycles. The van der Waals surface area contributed by atoms with Crippen LogP contribution in [-0.2, 0) is 23.1 Å². The van der Waals surface area contributed by atoms with Gasteiger partial charge in [-0.2, -0.15) is 5.10 Å². The molecule has 0 aliphatic heterocycles. The molecule has 0 bridgehead atoms. The molecule has 0 saturated carbocycles. The summed E-state index contributed by atoms with van der Waals surface area (Å²) in [6.45, 7) is 9.08. The van der Waals surface area contributed by atoms with Crippen molar-refractivity contribution in [2.75, 3.05) is 0 Å². The maximum atomic E-state index is 12.1. The van der Waals surface area contributed by atoms with Crippen LogP contribution in [0.1, 0.15) is 37.7 Å². The Hall–Kier alpha value is -1.85. The highest BCUT2D eigenvalue weighted by Crippen LogP contribution is 2.20. The SMILES string of the molecule is Cc1nn(C)c(C)c1CC(=O)N[C@@H](C(=O)O)C(C)(C)C. The Bertz CT molecular complexity index is 527. The molecule has 1 atom stereocenters. The largest absolute Gasteiger partial charge is 0.480 e. The maximum absolute atomic E-state index is 12.1. The van der Waals surface area contributed by atoms with Gasteiger partial charge in [0.25, 0.3) is 0 Å². The zero-order chi connectivity index (χ0) is 15.7. The fourth-order valence-electron chi connectivity index (χ4n) is 2.09. The van der Waals surface area contributed by atoms with Crippen molar-refractivity contribution in [2.45, 2.75) is 47.1 Å². The van der Waals surface area contributed by atoms with E-state index in [9.17, 15) is 14.7 Å². The lowest BCUT2D eigenvalue weighted by Gasteiger charge is -2.27. The van der Waals surface area contributed by atoms with Crippen LogP contribution in [0.5, 0.6) is 0 Å². The number of aryl methyl sites for hydroxylation is 2. The third kappa shape index (κ3) is 3.59. The summed E-state index contributed by atoms with van der Waals surface area (Å²) in [6.07, 6.45) is 0.144. The molecule has 0 radical (unpaired) electrons. The van der Waals surface area contributed by atoms with Gasteiger partial charge >= 0.3 is 5.97 Å². The first-order chi connectivity index (χ1) is 9.04. The summed E-state index contributed by atoms with van der Waals surface area (Å²) in [7, 11) is 1.82. The van der Waals surface area contributed by atoms with E-state index in [4.69, 9.17) is 0 Å². The maximum Gasteiger partial charge on any atom is 0.326 e. The number of rotatable bonds is 4. The molecule has 1 amide bonds. The van der Waals surface area contributed by atoms with Crippen LogP contribution in [0.15, 0.2) is 0 Å². The first-order valence-corrected chi connectivity index (χ1v) is 6.55. The number of carbonyl (C=O) groups excluding carboxylic acids is 1. The van der Waals surface area contributed by atoms with Crippen LogP contribution in [0.4, 0.5) is 0 Å². The summed E-state index contributed by atoms with van der Waals surface area (Å²) in [6, 6.07) is -0.910. The lowest BCUT2D eigenvalue weighted by Crippen LogP contribution is -2.49. The molecular weight excluding hydrogens is 258 g/mol. The minimum absolute atomic E-state index is 0.144. The van der Waals surface area contributed by atoms with Crippen molar-refractivity contribution in [1.29, 1.82) is 0 Å². The smallest absolute Gasteiger partial charge is 0.326 e. The van der Waals surface area contributed by atoms with Gasteiger partial charge in [-0.1, -0.05) is 20.8 Å². The predicted octanol–water partition coefficient (Wildman–Crippen LogP) is 1.19. The fourth-order valence-corrected chi connectivity index (χ4v) is 2.09. The summed E-state index contributed by atoms with van der Waals surface area (Å²) in [5.41, 5.74) is 2.02. The standard InChI is InChI=1S/C14H23N3O3/c1-8-10(9(2)17(6)16-8)7-11(18)15-12(13(19)20)14(3,4)5/h12H,7H2,1-6H3,(H,15,18)(H,19,20)/t12-/m0/s1. The van der Waals surface area contributed by atoms with E-state index in [0.29, 0.717) is 0 Å². The van der Waals surface area contributed by atoms with Crippen LogP contribution < -0.4 is 5.32 Å². The van der Waals surface area contributed by atoms with Gasteiger partial charge in [0.05, 0.1) is 12.1 Å². The molecule has 0 spiro atoms. The molecule has 0 unspecified atom stereocenters. The van der Waals surface area contributed by atoms with Gasteiger partial charge in [-0.15, -0.1) is 0 Å². The number of carboxylic acids is 1. The monoisotopic (exact) mass is 281 g/mol. The molecule has 2 N–H and O–H groups in total. The van der Waals surface area contributed by atoms with Crippen molar-refractivity contribution in [3.8, 4) is 0 Å². The molecular formula is C14H23N3O3. The topological polar surface area (TPSA) is 84.2 Å². The molecule has 1 heterocycles. The Morgan fingerprint density at radius 3 is 2.25 bits per heavy atom. The number of hydrogen-bond acceptors (Lipinski definition) is 3. The molecule has 6 heteroatoms. The molecule has 0 aliphatic rings. The normalized spacial score (nSPS) is 13.1. The Morgan fingerprint density at radius 2 is 1.90 bits per heavy atom. The van der Waals surface area contributed by atoms with Crippen LogP contribution in [-0.4, -0.2) is 32.8 Å². The first kappa shape index (κ1) is 16.2. The van der Waals surface area contributed by atoms with Crippen molar-refractivity contribution < 1.29 is 14.7 Å². The van der Waals surface area contributed by atoms with E-state index in [1.165, 1.54) is 0 Å². The number of amides is 1. The molecule has 1 aromatic rings. The van der Waals surface area contributed by atoms with Crippen molar-refractivity contribution in [1.82, 2.24) is 15.1 Å². The molecule has 1 rings (SSSR count). The summed E-state index contributed by atoms with van der Waals surface area (Å²) < 4.78 is 1.72. The van der Waals surface area contributed by atoms with Crippen molar-refractivity contribution in [2.24, 2.45) is 12.5 Å². The quantitative estimate of drug-likeness (QED) is 0.868. The van der Waals surface area contributed by atoms with Gasteiger partial charge in [0.15, 0.2) is 0 Å². The van der Waals surface area contributed by atoms with Crippen molar-refractivity contribution in [3.63, 3.8) is 0 Å². The Kier molecular flexibility index (Phi) is 4.57. The van der Waals surface area contributed by atoms with Crippen LogP contribution in [0.25, 0.3) is 0 Å². The Balaban J connectivity index is 2.84. The number of hydrogen-bond donors (Lipinski definition) is 2. The molecule has 0 aromatic carbocycles. The third-order valence-corrected chi connectivity index (χ3v) is 3.41. The summed E-state index contributed by atoms with van der Waals surface area (Å²) >= 11 is 0. The molecule has 1 aromatic heterocycles. The lowest BCUT2D eigenvalue weighted by atomic mass is 9.86. The van der Waals surface area contributed by atoms with Gasteiger partial charge in [-0.25, -0.2) is 4.79 Å². The van der Waals surface area contributed by atoms with Gasteiger partial charge in [-0.05, 0) is 19.3 Å². The minimum Gasteiger partial charge on any atom is -0.480 e. The highest BCUT2D eigenvalue weighted by atomic mass is 16.4. The molecule has 6 nitrogen and oxygen atoms in total. The second-order valence-corrected chi connectivity index (χ2v) is 6.15. The van der Waals surface area contributed by atoms with Gasteiger partial charge in [0.1, 0.15) is 6.04 Å². The van der Waals surface area contributed by atoms with E-state index in [2.05, 4.69) is 10.4 Å². The first-order valence-electron chi connectivity index (χ1n) is 6.55. The van der Waals surface area contributed by atoms with E-state index >= 15 is 0 Å². The van der Waals surface area contributed by atoms with E-state index in [-0.39, 0.29) is 12.3 Å². The van der Waals surface area contributed by atoms with Crippen LogP contribution in [0.2, 0.25) is 0 Å². The van der Waals surface area contributed by atoms with Crippen molar-refractivity contribution >= 4 is 11.9 Å². The van der Waals surface area contributed by atoms with E-state index in [0.717, 1.165) is 17.0 Å². The Labute approximate surface area is 119 Å². The van der Waals surface area contributed by atoms with E-state index in [1.807, 2.05) is 20.9 Å². The molecule has 0 fully saturated rings. The number of nitrogens with zero attached hydrogens (tertiary/aromatic N) is 2. The zero-order valence-electron chi connectivity index (χ0n) is 12.9. The second-order valence-electron chi connectivity index (χ2n) is 6.15. The number of carboxylic acid groups (broad SMARTS) is 1. The highest BCUT2D eigenvalue weighted by Gasteiger charge is 2.32. The summed E-state index contributed by atoms with van der Waals surface area (Å²) in [5, 5.41) is 16.0. The summed E-state index contributed by atoms with van der Waals surface area (Å²) in [4.78, 5) is 23.3. The predicted molar refractivity (Wildman–Crippen MR) is 75.4 cm³/mol. The fraction of sp³-hybridized carbons (Fsp3) is 0.643. The van der Waals surface area contributed by atoms with Crippen molar-refractivity contribution in [3.05, 3.63) is 17.0 Å². The van der Waals surface area contributed by atoms with Gasteiger partial charge in [0, 0.05) is 18.3 Å². The van der Waals surface area contributed by atoms with Crippen LogP contribution in [0.3, 0.4) is 0 Å². The van der Waals surface area contributed by atoms with Crippen LogP contribution in [0, 0.1) is 19.3 Å². The molecule has 0 saturated heterocycles. The third-order valence-electron chi connectivity index (χ3n) is 3.41. The number of aromatic nitrogens is 2. The van der Waals surface area contributed by atoms with E-state index < -0.39 is 17.4 Å². The Morgan fingerprint density at radius 1 is 1.35 bits per heavy atom. The summed E-state index contributed by atoms with van der Waals surface area (Å²) in [5.74, 6) is -1.32. The van der Waals surface area contributed by atoms with Gasteiger partial charge in [-0.3, -0.25) is 9.48 Å². The average Bonchev–Trinajstić information content (AvgIpc) is 2.51. The number of carbonyl (C=O) groups is 2. The second kappa shape index (κ2) is 5.64. The number of nitrogens with one attached hydrogen (secondary N) is 1. The lowest BCUT2D eigenvalue weighted by molar-refractivity contribution is -0.144. The minimum atomic E-state index is -1.02. The molecule has 112 valence electrons. The highest BCUT2D eigenvalue weighted by molar-refractivity contribution is 5.85. The van der Waals surface area contributed by atoms with Gasteiger partial charge < -0.3 is 10.4 Å². The van der Waals surface area contributed by atoms with E-state index in [1.54, 1.807) is 25.5 Å².